The molecule has 20 heavy (non-hydrogen) atoms. The standard InChI is InChI=1S/C14H22BFN2O2/c1-17(8-9-18-6-2-3-7-18)11-12-4-5-14(16)13(10-12)15(19)20/h4-5,10,19-20H,2-3,6-9,11H2,1H3. The maximum atomic E-state index is 13.4. The summed E-state index contributed by atoms with van der Waals surface area (Å²) in [5.74, 6) is -0.580. The number of hydrogen-bond acceptors (Lipinski definition) is 4. The predicted molar refractivity (Wildman–Crippen MR) is 78.2 cm³/mol. The summed E-state index contributed by atoms with van der Waals surface area (Å²) >= 11 is 0. The van der Waals surface area contributed by atoms with Gasteiger partial charge in [-0.15, -0.1) is 0 Å². The van der Waals surface area contributed by atoms with Crippen LogP contribution in [0.1, 0.15) is 18.4 Å². The number of rotatable bonds is 6. The van der Waals surface area contributed by atoms with Gasteiger partial charge in [0.25, 0.3) is 0 Å². The Balaban J connectivity index is 1.86. The van der Waals surface area contributed by atoms with Gasteiger partial charge in [0.2, 0.25) is 0 Å². The Hall–Kier alpha value is -0.945. The Bertz CT molecular complexity index is 439. The first-order valence-electron chi connectivity index (χ1n) is 7.11. The van der Waals surface area contributed by atoms with Crippen molar-refractivity contribution in [3.05, 3.63) is 29.6 Å². The highest BCUT2D eigenvalue weighted by atomic mass is 19.1. The molecule has 1 aromatic carbocycles. The monoisotopic (exact) mass is 280 g/mol. The molecule has 2 N–H and O–H groups in total. The van der Waals surface area contributed by atoms with Crippen LogP contribution in [0.25, 0.3) is 0 Å². The van der Waals surface area contributed by atoms with E-state index < -0.39 is 12.9 Å². The lowest BCUT2D eigenvalue weighted by Crippen LogP contribution is -2.34. The van der Waals surface area contributed by atoms with Crippen LogP contribution in [0.15, 0.2) is 18.2 Å². The van der Waals surface area contributed by atoms with Crippen molar-refractivity contribution in [3.63, 3.8) is 0 Å². The molecule has 0 bridgehead atoms. The van der Waals surface area contributed by atoms with Gasteiger partial charge in [-0.25, -0.2) is 4.39 Å². The Morgan fingerprint density at radius 2 is 2.00 bits per heavy atom. The number of benzene rings is 1. The van der Waals surface area contributed by atoms with E-state index in [-0.39, 0.29) is 5.46 Å². The second kappa shape index (κ2) is 7.17. The van der Waals surface area contributed by atoms with Crippen LogP contribution in [0.4, 0.5) is 4.39 Å². The predicted octanol–water partition coefficient (Wildman–Crippen LogP) is 0.0331. The van der Waals surface area contributed by atoms with Crippen molar-refractivity contribution in [1.29, 1.82) is 0 Å². The van der Waals surface area contributed by atoms with Gasteiger partial charge < -0.3 is 19.8 Å². The Morgan fingerprint density at radius 1 is 1.30 bits per heavy atom. The average molecular weight is 280 g/mol. The first-order valence-corrected chi connectivity index (χ1v) is 7.11. The Kier molecular flexibility index (Phi) is 5.54. The van der Waals surface area contributed by atoms with Crippen LogP contribution in [0.5, 0.6) is 0 Å². The van der Waals surface area contributed by atoms with Crippen molar-refractivity contribution in [2.24, 2.45) is 0 Å². The second-order valence-corrected chi connectivity index (χ2v) is 5.52. The summed E-state index contributed by atoms with van der Waals surface area (Å²) in [4.78, 5) is 4.61. The van der Waals surface area contributed by atoms with Gasteiger partial charge in [-0.2, -0.15) is 0 Å². The van der Waals surface area contributed by atoms with Crippen LogP contribution in [-0.2, 0) is 6.54 Å². The smallest absolute Gasteiger partial charge is 0.423 e. The molecular weight excluding hydrogens is 258 g/mol. The van der Waals surface area contributed by atoms with E-state index >= 15 is 0 Å². The van der Waals surface area contributed by atoms with Gasteiger partial charge in [-0.05, 0) is 44.6 Å². The topological polar surface area (TPSA) is 46.9 Å². The molecule has 0 saturated carbocycles. The fourth-order valence-electron chi connectivity index (χ4n) is 2.60. The van der Waals surface area contributed by atoms with E-state index in [0.29, 0.717) is 6.54 Å². The van der Waals surface area contributed by atoms with Gasteiger partial charge in [0, 0.05) is 25.1 Å². The molecule has 0 unspecified atom stereocenters. The summed E-state index contributed by atoms with van der Waals surface area (Å²) in [6.07, 6.45) is 2.58. The fourth-order valence-corrected chi connectivity index (χ4v) is 2.60. The van der Waals surface area contributed by atoms with Gasteiger partial charge in [-0.1, -0.05) is 12.1 Å². The highest BCUT2D eigenvalue weighted by Gasteiger charge is 2.17. The molecule has 1 fully saturated rings. The Morgan fingerprint density at radius 3 is 2.65 bits per heavy atom. The van der Waals surface area contributed by atoms with Crippen LogP contribution >= 0.6 is 0 Å². The molecule has 0 aliphatic carbocycles. The van der Waals surface area contributed by atoms with E-state index in [1.165, 1.54) is 38.1 Å². The molecule has 1 aromatic rings. The average Bonchev–Trinajstić information content (AvgIpc) is 2.91. The maximum Gasteiger partial charge on any atom is 0.491 e. The fraction of sp³-hybridized carbons (Fsp3) is 0.571. The number of likely N-dealkylation sites (N-methyl/N-ethyl adjacent to an activating group) is 1. The van der Waals surface area contributed by atoms with Crippen molar-refractivity contribution in [1.82, 2.24) is 9.80 Å². The molecular formula is C14H22BFN2O2. The highest BCUT2D eigenvalue weighted by molar-refractivity contribution is 6.58. The molecule has 0 atom stereocenters. The molecule has 6 heteroatoms. The summed E-state index contributed by atoms with van der Waals surface area (Å²) in [7, 11) is 0.263. The third-order valence-corrected chi connectivity index (χ3v) is 3.79. The molecule has 0 spiro atoms. The highest BCUT2D eigenvalue weighted by Crippen LogP contribution is 2.08. The summed E-state index contributed by atoms with van der Waals surface area (Å²) in [5, 5.41) is 18.2. The second-order valence-electron chi connectivity index (χ2n) is 5.52. The lowest BCUT2D eigenvalue weighted by atomic mass is 9.79. The molecule has 1 aliphatic heterocycles. The van der Waals surface area contributed by atoms with E-state index in [1.807, 2.05) is 7.05 Å². The molecule has 4 nitrogen and oxygen atoms in total. The van der Waals surface area contributed by atoms with E-state index in [4.69, 9.17) is 10.0 Å². The number of halogens is 1. The zero-order valence-electron chi connectivity index (χ0n) is 11.9. The van der Waals surface area contributed by atoms with Crippen molar-refractivity contribution < 1.29 is 14.4 Å². The van der Waals surface area contributed by atoms with Gasteiger partial charge in [0.15, 0.2) is 0 Å². The quantitative estimate of drug-likeness (QED) is 0.722. The first kappa shape index (κ1) is 15.4. The molecule has 2 rings (SSSR count). The molecule has 0 aromatic heterocycles. The van der Waals surface area contributed by atoms with E-state index in [0.717, 1.165) is 18.7 Å². The molecule has 0 amide bonds. The van der Waals surface area contributed by atoms with E-state index in [2.05, 4.69) is 9.80 Å². The summed E-state index contributed by atoms with van der Waals surface area (Å²) < 4.78 is 13.4. The molecule has 1 heterocycles. The minimum Gasteiger partial charge on any atom is -0.423 e. The van der Waals surface area contributed by atoms with Crippen LogP contribution in [-0.4, -0.2) is 60.2 Å². The van der Waals surface area contributed by atoms with Gasteiger partial charge in [-0.3, -0.25) is 0 Å². The van der Waals surface area contributed by atoms with Crippen molar-refractivity contribution in [2.45, 2.75) is 19.4 Å². The third-order valence-electron chi connectivity index (χ3n) is 3.79. The summed E-state index contributed by atoms with van der Waals surface area (Å²) in [6, 6.07) is 4.50. The van der Waals surface area contributed by atoms with Crippen LogP contribution in [0.3, 0.4) is 0 Å². The zero-order chi connectivity index (χ0) is 14.5. The molecule has 1 saturated heterocycles. The maximum absolute atomic E-state index is 13.4. The molecule has 1 aliphatic rings. The Labute approximate surface area is 120 Å². The summed E-state index contributed by atoms with van der Waals surface area (Å²) in [5.41, 5.74) is 0.828. The van der Waals surface area contributed by atoms with Gasteiger partial charge in [0.05, 0.1) is 0 Å². The van der Waals surface area contributed by atoms with Crippen molar-refractivity contribution in [2.75, 3.05) is 33.2 Å². The lowest BCUT2D eigenvalue weighted by molar-refractivity contribution is 0.252. The van der Waals surface area contributed by atoms with Crippen molar-refractivity contribution >= 4 is 12.6 Å². The summed E-state index contributed by atoms with van der Waals surface area (Å²) in [6.45, 7) is 5.05. The molecule has 0 radical (unpaired) electrons. The van der Waals surface area contributed by atoms with E-state index in [9.17, 15) is 4.39 Å². The number of likely N-dealkylation sites (tertiary alicyclic amines) is 1. The van der Waals surface area contributed by atoms with Crippen molar-refractivity contribution in [3.8, 4) is 0 Å². The van der Waals surface area contributed by atoms with Crippen LogP contribution in [0, 0.1) is 5.82 Å². The SMILES string of the molecule is CN(CCN1CCCC1)Cc1ccc(F)c(B(O)O)c1. The normalized spacial score (nSPS) is 16.1. The lowest BCUT2D eigenvalue weighted by Gasteiger charge is -2.21. The van der Waals surface area contributed by atoms with Crippen LogP contribution < -0.4 is 5.46 Å². The third kappa shape index (κ3) is 4.28. The number of nitrogens with zero attached hydrogens (tertiary/aromatic N) is 2. The van der Waals surface area contributed by atoms with Crippen LogP contribution in [0.2, 0.25) is 0 Å². The van der Waals surface area contributed by atoms with Gasteiger partial charge in [0.1, 0.15) is 5.82 Å². The minimum atomic E-state index is -1.76. The van der Waals surface area contributed by atoms with E-state index in [1.54, 1.807) is 6.07 Å². The minimum absolute atomic E-state index is 0.0598. The largest absolute Gasteiger partial charge is 0.491 e. The first-order chi connectivity index (χ1) is 9.56. The molecule has 110 valence electrons. The zero-order valence-corrected chi connectivity index (χ0v) is 11.9. The van der Waals surface area contributed by atoms with Gasteiger partial charge >= 0.3 is 7.12 Å². The number of hydrogen-bond donors (Lipinski definition) is 2.